The van der Waals surface area contributed by atoms with Gasteiger partial charge < -0.3 is 5.11 Å². The Balaban J connectivity index is 3.58. The summed E-state index contributed by atoms with van der Waals surface area (Å²) in [5, 5.41) is 17.5. The van der Waals surface area contributed by atoms with E-state index in [2.05, 4.69) is 0 Å². The van der Waals surface area contributed by atoms with Crippen LogP contribution >= 0.6 is 11.6 Å². The Morgan fingerprint density at radius 1 is 1.56 bits per heavy atom. The molecule has 1 aromatic carbocycles. The molecule has 0 aliphatic carbocycles. The minimum absolute atomic E-state index is 0.174. The van der Waals surface area contributed by atoms with Crippen LogP contribution in [-0.4, -0.2) is 11.1 Å². The maximum Gasteiger partial charge on any atom is 0.337 e. The molecule has 0 saturated heterocycles. The van der Waals surface area contributed by atoms with Gasteiger partial charge in [-0.1, -0.05) is 6.07 Å². The van der Waals surface area contributed by atoms with Crippen LogP contribution in [0.3, 0.4) is 0 Å². The first-order chi connectivity index (χ1) is 7.52. The number of benzene rings is 1. The van der Waals surface area contributed by atoms with E-state index in [0.29, 0.717) is 0 Å². The molecule has 0 radical (unpaired) electrons. The van der Waals surface area contributed by atoms with E-state index in [4.69, 9.17) is 22.0 Å². The number of hydrogen-bond donors (Lipinski definition) is 1. The number of halogens is 3. The van der Waals surface area contributed by atoms with Crippen molar-refractivity contribution in [3.8, 4) is 6.07 Å². The standard InChI is InChI=1S/C10H6ClF2NO2/c11-3-7-6(9(12)13)2-1-5(4-14)8(7)10(15)16/h1-2,9H,3H2,(H,15,16). The van der Waals surface area contributed by atoms with Crippen molar-refractivity contribution in [2.45, 2.75) is 12.3 Å². The second-order valence-corrected chi connectivity index (χ2v) is 3.17. The Kier molecular flexibility index (Phi) is 3.80. The van der Waals surface area contributed by atoms with Gasteiger partial charge in [-0.3, -0.25) is 0 Å². The van der Waals surface area contributed by atoms with Crippen LogP contribution in [0.2, 0.25) is 0 Å². The number of carboxylic acid groups (broad SMARTS) is 1. The fourth-order valence-electron chi connectivity index (χ4n) is 1.35. The lowest BCUT2D eigenvalue weighted by atomic mass is 9.97. The van der Waals surface area contributed by atoms with Crippen molar-refractivity contribution in [1.82, 2.24) is 0 Å². The topological polar surface area (TPSA) is 61.1 Å². The average molecular weight is 246 g/mol. The van der Waals surface area contributed by atoms with E-state index in [0.717, 1.165) is 12.1 Å². The minimum atomic E-state index is -2.82. The fraction of sp³-hybridized carbons (Fsp3) is 0.200. The predicted molar refractivity (Wildman–Crippen MR) is 52.6 cm³/mol. The Labute approximate surface area is 94.9 Å². The number of rotatable bonds is 3. The molecule has 1 aromatic rings. The second kappa shape index (κ2) is 4.90. The third kappa shape index (κ3) is 2.12. The highest BCUT2D eigenvalue weighted by Gasteiger charge is 2.22. The van der Waals surface area contributed by atoms with Crippen LogP contribution in [0.4, 0.5) is 8.78 Å². The normalized spacial score (nSPS) is 10.2. The van der Waals surface area contributed by atoms with Crippen LogP contribution in [-0.2, 0) is 5.88 Å². The zero-order valence-electron chi connectivity index (χ0n) is 7.88. The van der Waals surface area contributed by atoms with Crippen molar-refractivity contribution in [2.75, 3.05) is 0 Å². The molecule has 0 atom stereocenters. The number of hydrogen-bond acceptors (Lipinski definition) is 2. The Hall–Kier alpha value is -1.67. The van der Waals surface area contributed by atoms with Crippen molar-refractivity contribution < 1.29 is 18.7 Å². The van der Waals surface area contributed by atoms with E-state index in [1.165, 1.54) is 0 Å². The molecule has 1 N–H and O–H groups in total. The summed E-state index contributed by atoms with van der Waals surface area (Å²) in [4.78, 5) is 10.9. The van der Waals surface area contributed by atoms with E-state index in [9.17, 15) is 13.6 Å². The van der Waals surface area contributed by atoms with Crippen molar-refractivity contribution in [2.24, 2.45) is 0 Å². The van der Waals surface area contributed by atoms with E-state index in [1.807, 2.05) is 0 Å². The molecule has 3 nitrogen and oxygen atoms in total. The van der Waals surface area contributed by atoms with Gasteiger partial charge in [-0.25, -0.2) is 13.6 Å². The van der Waals surface area contributed by atoms with Gasteiger partial charge in [-0.15, -0.1) is 11.6 Å². The molecule has 0 heterocycles. The summed E-state index contributed by atoms with van der Waals surface area (Å²) in [6, 6.07) is 3.71. The quantitative estimate of drug-likeness (QED) is 0.833. The van der Waals surface area contributed by atoms with Gasteiger partial charge in [0.1, 0.15) is 6.07 Å². The summed E-state index contributed by atoms with van der Waals surface area (Å²) < 4.78 is 25.1. The fourth-order valence-corrected chi connectivity index (χ4v) is 1.64. The van der Waals surface area contributed by atoms with Crippen molar-refractivity contribution in [3.63, 3.8) is 0 Å². The van der Waals surface area contributed by atoms with Gasteiger partial charge in [0.2, 0.25) is 0 Å². The van der Waals surface area contributed by atoms with Gasteiger partial charge in [-0.05, 0) is 11.6 Å². The molecule has 0 amide bonds. The van der Waals surface area contributed by atoms with E-state index < -0.39 is 23.5 Å². The molecule has 84 valence electrons. The Morgan fingerprint density at radius 3 is 2.56 bits per heavy atom. The summed E-state index contributed by atoms with van der Waals surface area (Å²) >= 11 is 5.45. The molecule has 0 bridgehead atoms. The zero-order valence-corrected chi connectivity index (χ0v) is 8.63. The van der Waals surface area contributed by atoms with Crippen LogP contribution in [0.1, 0.15) is 33.5 Å². The van der Waals surface area contributed by atoms with E-state index in [-0.39, 0.29) is 17.0 Å². The first-order valence-corrected chi connectivity index (χ1v) is 4.69. The third-order valence-corrected chi connectivity index (χ3v) is 2.32. The van der Waals surface area contributed by atoms with Gasteiger partial charge in [0.05, 0.1) is 11.1 Å². The van der Waals surface area contributed by atoms with Crippen LogP contribution in [0.25, 0.3) is 0 Å². The highest BCUT2D eigenvalue weighted by atomic mass is 35.5. The van der Waals surface area contributed by atoms with E-state index in [1.54, 1.807) is 6.07 Å². The van der Waals surface area contributed by atoms with Crippen LogP contribution in [0.5, 0.6) is 0 Å². The maximum atomic E-state index is 12.6. The minimum Gasteiger partial charge on any atom is -0.478 e. The molecule has 0 unspecified atom stereocenters. The molecule has 0 aliphatic rings. The lowest BCUT2D eigenvalue weighted by Gasteiger charge is -2.10. The maximum absolute atomic E-state index is 12.6. The molecule has 0 aliphatic heterocycles. The Morgan fingerprint density at radius 2 is 2.19 bits per heavy atom. The van der Waals surface area contributed by atoms with Gasteiger partial charge in [-0.2, -0.15) is 5.26 Å². The summed E-state index contributed by atoms with van der Waals surface area (Å²) in [6.07, 6.45) is -2.82. The molecular weight excluding hydrogens is 240 g/mol. The van der Waals surface area contributed by atoms with Gasteiger partial charge in [0.15, 0.2) is 0 Å². The average Bonchev–Trinajstić information content (AvgIpc) is 2.26. The summed E-state index contributed by atoms with van der Waals surface area (Å²) in [5.74, 6) is -1.81. The Bertz CT molecular complexity index is 469. The summed E-state index contributed by atoms with van der Waals surface area (Å²) in [7, 11) is 0. The van der Waals surface area contributed by atoms with Gasteiger partial charge in [0.25, 0.3) is 6.43 Å². The predicted octanol–water partition coefficient (Wildman–Crippen LogP) is 2.93. The number of carbonyl (C=O) groups is 1. The highest BCUT2D eigenvalue weighted by Crippen LogP contribution is 2.28. The molecule has 0 aromatic heterocycles. The van der Waals surface area contributed by atoms with Gasteiger partial charge >= 0.3 is 5.97 Å². The van der Waals surface area contributed by atoms with Crippen LogP contribution < -0.4 is 0 Å². The molecule has 0 saturated carbocycles. The lowest BCUT2D eigenvalue weighted by molar-refractivity contribution is 0.0695. The van der Waals surface area contributed by atoms with E-state index >= 15 is 0 Å². The second-order valence-electron chi connectivity index (χ2n) is 2.91. The number of aromatic carboxylic acids is 1. The van der Waals surface area contributed by atoms with Crippen LogP contribution in [0.15, 0.2) is 12.1 Å². The largest absolute Gasteiger partial charge is 0.478 e. The van der Waals surface area contributed by atoms with Crippen molar-refractivity contribution >= 4 is 17.6 Å². The third-order valence-electron chi connectivity index (χ3n) is 2.05. The summed E-state index contributed by atoms with van der Waals surface area (Å²) in [5.41, 5.74) is -1.28. The zero-order chi connectivity index (χ0) is 12.3. The monoisotopic (exact) mass is 245 g/mol. The highest BCUT2D eigenvalue weighted by molar-refractivity contribution is 6.18. The molecule has 16 heavy (non-hydrogen) atoms. The molecule has 0 fully saturated rings. The smallest absolute Gasteiger partial charge is 0.337 e. The number of nitriles is 1. The molecular formula is C10H6ClF2NO2. The first-order valence-electron chi connectivity index (χ1n) is 4.16. The number of carboxylic acids is 1. The van der Waals surface area contributed by atoms with Crippen LogP contribution in [0, 0.1) is 11.3 Å². The molecule has 1 rings (SSSR count). The van der Waals surface area contributed by atoms with Crippen molar-refractivity contribution in [3.05, 3.63) is 34.4 Å². The number of nitrogens with zero attached hydrogens (tertiary/aromatic N) is 1. The summed E-state index contributed by atoms with van der Waals surface area (Å²) in [6.45, 7) is 0. The lowest BCUT2D eigenvalue weighted by Crippen LogP contribution is -2.08. The first kappa shape index (κ1) is 12.4. The molecule has 6 heteroatoms. The number of alkyl halides is 3. The van der Waals surface area contributed by atoms with Gasteiger partial charge in [0, 0.05) is 11.4 Å². The molecule has 0 spiro atoms. The van der Waals surface area contributed by atoms with Crippen molar-refractivity contribution in [1.29, 1.82) is 5.26 Å². The SMILES string of the molecule is N#Cc1ccc(C(F)F)c(CCl)c1C(=O)O.